The normalized spacial score (nSPS) is 17.1. The zero-order valence-electron chi connectivity index (χ0n) is 10.3. The Morgan fingerprint density at radius 2 is 2.06 bits per heavy atom. The molecule has 1 saturated carbocycles. The third-order valence-corrected chi connectivity index (χ3v) is 3.76. The smallest absolute Gasteiger partial charge is 0.323 e. The summed E-state index contributed by atoms with van der Waals surface area (Å²) in [5.74, 6) is -0.833. The zero-order chi connectivity index (χ0) is 13.0. The van der Waals surface area contributed by atoms with Gasteiger partial charge in [-0.25, -0.2) is 0 Å². The Morgan fingerprint density at radius 3 is 2.41 bits per heavy atom. The number of thiocarbonyl (C=S) groups is 1. The minimum atomic E-state index is -0.866. The van der Waals surface area contributed by atoms with Gasteiger partial charge in [-0.1, -0.05) is 19.1 Å². The molecule has 0 radical (unpaired) electrons. The van der Waals surface area contributed by atoms with Gasteiger partial charge in [-0.3, -0.25) is 4.79 Å². The van der Waals surface area contributed by atoms with Crippen LogP contribution in [-0.4, -0.2) is 39.3 Å². The van der Waals surface area contributed by atoms with Gasteiger partial charge in [-0.2, -0.15) is 0 Å². The van der Waals surface area contributed by atoms with Gasteiger partial charge in [0.2, 0.25) is 0 Å². The summed E-state index contributed by atoms with van der Waals surface area (Å²) in [4.78, 5) is 24.3. The lowest BCUT2D eigenvalue weighted by atomic mass is 9.90. The number of Topliss-reactive ketones (excluding diaryl/α,β-unsaturated/α-hetero) is 1. The van der Waals surface area contributed by atoms with Crippen LogP contribution in [0.25, 0.3) is 0 Å². The Kier molecular flexibility index (Phi) is 5.05. The summed E-state index contributed by atoms with van der Waals surface area (Å²) in [5, 5.41) is 8.90. The number of carbonyl (C=O) groups excluding carboxylic acids is 1. The average molecular weight is 257 g/mol. The molecule has 1 atom stereocenters. The van der Waals surface area contributed by atoms with Crippen LogP contribution in [0, 0.1) is 5.92 Å². The highest BCUT2D eigenvalue weighted by atomic mass is 32.1. The van der Waals surface area contributed by atoms with E-state index in [0.717, 1.165) is 19.3 Å². The number of nitrogens with zero attached hydrogens (tertiary/aromatic N) is 1. The van der Waals surface area contributed by atoms with E-state index in [1.165, 1.54) is 6.92 Å². The fourth-order valence-corrected chi connectivity index (χ4v) is 2.33. The highest BCUT2D eigenvalue weighted by Crippen LogP contribution is 2.27. The van der Waals surface area contributed by atoms with Gasteiger partial charge in [0.1, 0.15) is 12.3 Å². The van der Waals surface area contributed by atoms with Crippen LogP contribution in [0.4, 0.5) is 0 Å². The summed E-state index contributed by atoms with van der Waals surface area (Å²) in [6.45, 7) is 3.37. The van der Waals surface area contributed by atoms with Gasteiger partial charge in [-0.15, -0.1) is 0 Å². The van der Waals surface area contributed by atoms with Crippen molar-refractivity contribution in [3.63, 3.8) is 0 Å². The first-order valence-corrected chi connectivity index (χ1v) is 6.34. The second kappa shape index (κ2) is 6.10. The molecule has 5 heteroatoms. The third kappa shape index (κ3) is 4.07. The third-order valence-electron chi connectivity index (χ3n) is 3.12. The number of carboxylic acid groups (broad SMARTS) is 1. The molecule has 1 aliphatic carbocycles. The summed E-state index contributed by atoms with van der Waals surface area (Å²) in [6, 6.07) is 0.257. The van der Waals surface area contributed by atoms with Crippen molar-refractivity contribution in [3.05, 3.63) is 0 Å². The summed E-state index contributed by atoms with van der Waals surface area (Å²) >= 11 is 5.32. The van der Waals surface area contributed by atoms with Crippen molar-refractivity contribution in [1.29, 1.82) is 0 Å². The molecule has 1 fully saturated rings. The number of carbonyl (C=O) groups is 2. The van der Waals surface area contributed by atoms with E-state index in [-0.39, 0.29) is 24.3 Å². The van der Waals surface area contributed by atoms with Crippen LogP contribution in [-0.2, 0) is 9.59 Å². The minimum Gasteiger partial charge on any atom is -0.480 e. The predicted molar refractivity (Wildman–Crippen MR) is 69.0 cm³/mol. The Balaban J connectivity index is 2.64. The lowest BCUT2D eigenvalue weighted by molar-refractivity contribution is -0.138. The average Bonchev–Trinajstić information content (AvgIpc) is 2.10. The van der Waals surface area contributed by atoms with Crippen LogP contribution in [0.2, 0.25) is 0 Å². The largest absolute Gasteiger partial charge is 0.480 e. The van der Waals surface area contributed by atoms with Crippen molar-refractivity contribution in [2.75, 3.05) is 6.54 Å². The Hall–Kier alpha value is -0.970. The van der Waals surface area contributed by atoms with Crippen molar-refractivity contribution < 1.29 is 14.7 Å². The molecule has 4 nitrogen and oxygen atoms in total. The molecule has 0 aromatic carbocycles. The van der Waals surface area contributed by atoms with Crippen molar-refractivity contribution >= 4 is 29.0 Å². The summed E-state index contributed by atoms with van der Waals surface area (Å²) < 4.78 is 0. The number of hydrogen-bond acceptors (Lipinski definition) is 3. The van der Waals surface area contributed by atoms with Gasteiger partial charge in [0.15, 0.2) is 0 Å². The number of carboxylic acids is 1. The molecule has 96 valence electrons. The molecule has 0 aromatic rings. The Bertz CT molecular complexity index is 326. The molecule has 0 amide bonds. The SMILES string of the molecule is CC(=O)CC(C)C(=S)N(CC(=O)O)C1CCC1. The van der Waals surface area contributed by atoms with Crippen LogP contribution >= 0.6 is 12.2 Å². The van der Waals surface area contributed by atoms with Crippen LogP contribution in [0.5, 0.6) is 0 Å². The molecule has 1 unspecified atom stereocenters. The second-order valence-electron chi connectivity index (χ2n) is 4.75. The van der Waals surface area contributed by atoms with E-state index in [2.05, 4.69) is 0 Å². The monoisotopic (exact) mass is 257 g/mol. The Morgan fingerprint density at radius 1 is 1.47 bits per heavy atom. The molecule has 0 aromatic heterocycles. The van der Waals surface area contributed by atoms with Crippen LogP contribution < -0.4 is 0 Å². The summed E-state index contributed by atoms with van der Waals surface area (Å²) in [5.41, 5.74) is 0. The van der Waals surface area contributed by atoms with E-state index in [1.54, 1.807) is 4.90 Å². The molecule has 0 spiro atoms. The summed E-state index contributed by atoms with van der Waals surface area (Å²) in [7, 11) is 0. The lowest BCUT2D eigenvalue weighted by Crippen LogP contribution is -2.48. The molecular weight excluding hydrogens is 238 g/mol. The zero-order valence-corrected chi connectivity index (χ0v) is 11.1. The molecule has 0 aliphatic heterocycles. The van der Waals surface area contributed by atoms with Crippen molar-refractivity contribution in [3.8, 4) is 0 Å². The molecule has 17 heavy (non-hydrogen) atoms. The predicted octanol–water partition coefficient (Wildman–Crippen LogP) is 1.87. The topological polar surface area (TPSA) is 57.6 Å². The molecule has 0 heterocycles. The van der Waals surface area contributed by atoms with E-state index in [4.69, 9.17) is 17.3 Å². The number of aliphatic carboxylic acids is 1. The maximum Gasteiger partial charge on any atom is 0.323 e. The van der Waals surface area contributed by atoms with E-state index in [9.17, 15) is 9.59 Å². The van der Waals surface area contributed by atoms with Gasteiger partial charge in [0.25, 0.3) is 0 Å². The van der Waals surface area contributed by atoms with Gasteiger partial charge in [0, 0.05) is 18.4 Å². The molecule has 0 bridgehead atoms. The van der Waals surface area contributed by atoms with E-state index in [0.29, 0.717) is 11.4 Å². The highest BCUT2D eigenvalue weighted by Gasteiger charge is 2.30. The standard InChI is InChI=1S/C12H19NO3S/c1-8(6-9(2)14)12(17)13(7-11(15)16)10-4-3-5-10/h8,10H,3-7H2,1-2H3,(H,15,16). The van der Waals surface area contributed by atoms with E-state index >= 15 is 0 Å². The first kappa shape index (κ1) is 14.1. The van der Waals surface area contributed by atoms with Crippen molar-refractivity contribution in [2.24, 2.45) is 5.92 Å². The van der Waals surface area contributed by atoms with Crippen molar-refractivity contribution in [1.82, 2.24) is 4.90 Å². The van der Waals surface area contributed by atoms with E-state index < -0.39 is 5.97 Å². The molecule has 1 rings (SSSR count). The number of hydrogen-bond donors (Lipinski definition) is 1. The fraction of sp³-hybridized carbons (Fsp3) is 0.750. The maximum atomic E-state index is 11.1. The van der Waals surface area contributed by atoms with Gasteiger partial charge in [0.05, 0.1) is 4.99 Å². The Labute approximate surface area is 107 Å². The van der Waals surface area contributed by atoms with Gasteiger partial charge < -0.3 is 14.8 Å². The fourth-order valence-electron chi connectivity index (χ4n) is 2.03. The number of ketones is 1. The maximum absolute atomic E-state index is 11.1. The quantitative estimate of drug-likeness (QED) is 0.736. The van der Waals surface area contributed by atoms with Gasteiger partial charge >= 0.3 is 5.97 Å². The molecule has 0 saturated heterocycles. The molecular formula is C12H19NO3S. The molecule has 1 N–H and O–H groups in total. The number of rotatable bonds is 6. The van der Waals surface area contributed by atoms with Crippen LogP contribution in [0.1, 0.15) is 39.5 Å². The van der Waals surface area contributed by atoms with Crippen LogP contribution in [0.15, 0.2) is 0 Å². The summed E-state index contributed by atoms with van der Waals surface area (Å²) in [6.07, 6.45) is 3.52. The second-order valence-corrected chi connectivity index (χ2v) is 5.17. The molecule has 1 aliphatic rings. The highest BCUT2D eigenvalue weighted by molar-refractivity contribution is 7.80. The van der Waals surface area contributed by atoms with Gasteiger partial charge in [-0.05, 0) is 26.2 Å². The lowest BCUT2D eigenvalue weighted by Gasteiger charge is -2.39. The van der Waals surface area contributed by atoms with Crippen LogP contribution in [0.3, 0.4) is 0 Å². The minimum absolute atomic E-state index is 0.0499. The first-order valence-electron chi connectivity index (χ1n) is 5.93. The van der Waals surface area contributed by atoms with E-state index in [1.807, 2.05) is 6.92 Å². The van der Waals surface area contributed by atoms with Crippen molar-refractivity contribution in [2.45, 2.75) is 45.6 Å². The first-order chi connectivity index (χ1) is 7.91.